The van der Waals surface area contributed by atoms with Gasteiger partial charge in [-0.1, -0.05) is 18.2 Å². The Balaban J connectivity index is 0.987. The number of anilines is 2. The van der Waals surface area contributed by atoms with Gasteiger partial charge in [-0.3, -0.25) is 19.7 Å². The smallest absolute Gasteiger partial charge is 0.408 e. The van der Waals surface area contributed by atoms with E-state index in [2.05, 4.69) is 10.6 Å². The molecule has 2 N–H and O–H groups in total. The Labute approximate surface area is 229 Å². The van der Waals surface area contributed by atoms with Crippen LogP contribution in [0.3, 0.4) is 0 Å². The van der Waals surface area contributed by atoms with E-state index in [0.29, 0.717) is 38.0 Å². The number of nitrogens with zero attached hydrogens (tertiary/aromatic N) is 2. The molecular weight excluding hydrogens is 522 g/mol. The maximum absolute atomic E-state index is 14.8. The molecule has 2 aliphatic heterocycles. The maximum atomic E-state index is 14.8. The van der Waals surface area contributed by atoms with E-state index in [0.717, 1.165) is 11.3 Å². The van der Waals surface area contributed by atoms with E-state index in [9.17, 15) is 28.0 Å². The molecule has 210 valence electrons. The van der Waals surface area contributed by atoms with Gasteiger partial charge in [-0.25, -0.2) is 13.6 Å². The van der Waals surface area contributed by atoms with Crippen molar-refractivity contribution in [2.45, 2.75) is 56.6 Å². The van der Waals surface area contributed by atoms with Gasteiger partial charge in [0.2, 0.25) is 17.7 Å². The highest BCUT2D eigenvalue weighted by atomic mass is 19.1. The van der Waals surface area contributed by atoms with Crippen molar-refractivity contribution < 1.29 is 32.7 Å². The van der Waals surface area contributed by atoms with Crippen LogP contribution in [0, 0.1) is 24.0 Å². The predicted molar refractivity (Wildman–Crippen MR) is 141 cm³/mol. The third-order valence-corrected chi connectivity index (χ3v) is 8.75. The van der Waals surface area contributed by atoms with Gasteiger partial charge in [0, 0.05) is 62.8 Å². The zero-order chi connectivity index (χ0) is 28.4. The first-order chi connectivity index (χ1) is 19.0. The van der Waals surface area contributed by atoms with Gasteiger partial charge < -0.3 is 19.9 Å². The largest absolute Gasteiger partial charge is 0.443 e. The van der Waals surface area contributed by atoms with E-state index in [4.69, 9.17) is 4.74 Å². The van der Waals surface area contributed by atoms with Gasteiger partial charge in [-0.15, -0.1) is 0 Å². The Morgan fingerprint density at radius 1 is 1.10 bits per heavy atom. The molecule has 7 rings (SSSR count). The number of piperidine rings is 1. The number of halogens is 2. The van der Waals surface area contributed by atoms with Crippen molar-refractivity contribution in [1.29, 1.82) is 0 Å². The molecule has 0 aromatic heterocycles. The van der Waals surface area contributed by atoms with E-state index >= 15 is 0 Å². The van der Waals surface area contributed by atoms with Crippen LogP contribution < -0.4 is 20.4 Å². The van der Waals surface area contributed by atoms with Crippen molar-refractivity contribution in [3.63, 3.8) is 0 Å². The molecular formula is C29H30F2N4O5. The normalized spacial score (nSPS) is 27.1. The fourth-order valence-electron chi connectivity index (χ4n) is 6.66. The van der Waals surface area contributed by atoms with Crippen LogP contribution in [0.1, 0.15) is 49.1 Å². The molecule has 2 bridgehead atoms. The highest BCUT2D eigenvalue weighted by Crippen LogP contribution is 2.69. The monoisotopic (exact) mass is 552 g/mol. The molecule has 2 aromatic rings. The van der Waals surface area contributed by atoms with E-state index in [1.165, 1.54) is 12.1 Å². The van der Waals surface area contributed by atoms with Crippen molar-refractivity contribution in [3.05, 3.63) is 59.2 Å². The molecule has 3 saturated carbocycles. The lowest BCUT2D eigenvalue weighted by molar-refractivity contribution is -0.246. The summed E-state index contributed by atoms with van der Waals surface area (Å²) in [5.41, 5.74) is 0.736. The number of amides is 4. The number of para-hydroxylation sites is 1. The molecule has 0 radical (unpaired) electrons. The molecule has 2 saturated heterocycles. The van der Waals surface area contributed by atoms with Gasteiger partial charge >= 0.3 is 6.09 Å². The van der Waals surface area contributed by atoms with Gasteiger partial charge in [-0.2, -0.15) is 0 Å². The lowest BCUT2D eigenvalue weighted by atomic mass is 9.40. The Hall–Kier alpha value is -4.02. The molecule has 11 heteroatoms. The Bertz CT molecular complexity index is 1400. The van der Waals surface area contributed by atoms with E-state index in [-0.39, 0.29) is 30.4 Å². The minimum Gasteiger partial charge on any atom is -0.443 e. The first kappa shape index (κ1) is 26.2. The van der Waals surface area contributed by atoms with Crippen molar-refractivity contribution in [2.75, 3.05) is 29.9 Å². The molecule has 9 nitrogen and oxygen atoms in total. The summed E-state index contributed by atoms with van der Waals surface area (Å²) in [6, 6.07) is 9.78. The zero-order valence-electron chi connectivity index (χ0n) is 22.3. The van der Waals surface area contributed by atoms with Crippen LogP contribution in [0.25, 0.3) is 0 Å². The van der Waals surface area contributed by atoms with E-state index in [1.807, 2.05) is 31.2 Å². The number of ether oxygens (including phenoxy) is 1. The first-order valence-electron chi connectivity index (χ1n) is 13.4. The lowest BCUT2D eigenvalue weighted by Gasteiger charge is -2.67. The molecule has 3 aliphatic carbocycles. The number of alkyl carbamates (subject to hydrolysis) is 1. The van der Waals surface area contributed by atoms with Crippen molar-refractivity contribution >= 4 is 35.2 Å². The quantitative estimate of drug-likeness (QED) is 0.533. The fourth-order valence-corrected chi connectivity index (χ4v) is 6.66. The molecule has 2 aromatic carbocycles. The molecule has 5 fully saturated rings. The third-order valence-electron chi connectivity index (χ3n) is 8.75. The van der Waals surface area contributed by atoms with E-state index < -0.39 is 46.5 Å². The molecule has 5 aliphatic rings. The van der Waals surface area contributed by atoms with Gasteiger partial charge in [-0.05, 0) is 37.1 Å². The number of carbonyl (C=O) groups excluding carboxylic acids is 4. The van der Waals surface area contributed by atoms with Gasteiger partial charge in [0.25, 0.3) is 0 Å². The Morgan fingerprint density at radius 3 is 2.38 bits per heavy atom. The summed E-state index contributed by atoms with van der Waals surface area (Å²) < 4.78 is 35.4. The van der Waals surface area contributed by atoms with E-state index in [1.54, 1.807) is 16.8 Å². The van der Waals surface area contributed by atoms with Crippen molar-refractivity contribution in [3.8, 4) is 0 Å². The molecule has 1 unspecified atom stereocenters. The molecule has 1 atom stereocenters. The maximum Gasteiger partial charge on any atom is 0.408 e. The molecule has 2 heterocycles. The highest BCUT2D eigenvalue weighted by molar-refractivity contribution is 6.01. The summed E-state index contributed by atoms with van der Waals surface area (Å²) in [7, 11) is 1.77. The second-order valence-corrected chi connectivity index (χ2v) is 11.6. The standard InChI is InChI=1S/C29H30F2N4O5/c1-16-5-3-4-6-22(16)34(2)26(38)28-13-29(14-28,15-28)40-27(39)32-17-11-35(12-17)18-9-20(30)24(21(31)10-18)19-7-8-23(36)33-25(19)37/h3-6,9-10,17,19H,7-8,11-15H2,1-2H3,(H,32,39)(H,33,36,37). The second kappa shape index (κ2) is 9.28. The minimum absolute atomic E-state index is 0.0234. The lowest BCUT2D eigenvalue weighted by Crippen LogP contribution is -2.74. The number of benzene rings is 2. The number of aryl methyl sites for hydroxylation is 1. The van der Waals surface area contributed by atoms with Crippen LogP contribution >= 0.6 is 0 Å². The van der Waals surface area contributed by atoms with Crippen LogP contribution in [0.15, 0.2) is 36.4 Å². The number of imide groups is 1. The summed E-state index contributed by atoms with van der Waals surface area (Å²) in [5.74, 6) is -3.87. The number of hydrogen-bond donors (Lipinski definition) is 2. The average Bonchev–Trinajstić information content (AvgIpc) is 2.82. The van der Waals surface area contributed by atoms with Crippen LogP contribution in [-0.4, -0.2) is 55.6 Å². The van der Waals surface area contributed by atoms with Crippen LogP contribution in [0.2, 0.25) is 0 Å². The molecule has 40 heavy (non-hydrogen) atoms. The van der Waals surface area contributed by atoms with Crippen LogP contribution in [0.4, 0.5) is 25.0 Å². The summed E-state index contributed by atoms with van der Waals surface area (Å²) >= 11 is 0. The number of carbonyl (C=O) groups is 4. The predicted octanol–water partition coefficient (Wildman–Crippen LogP) is 3.29. The number of rotatable bonds is 6. The Kier molecular flexibility index (Phi) is 6.08. The average molecular weight is 553 g/mol. The summed E-state index contributed by atoms with van der Waals surface area (Å²) in [5, 5.41) is 4.92. The van der Waals surface area contributed by atoms with Crippen LogP contribution in [0.5, 0.6) is 0 Å². The Morgan fingerprint density at radius 2 is 1.75 bits per heavy atom. The topological polar surface area (TPSA) is 108 Å². The first-order valence-corrected chi connectivity index (χ1v) is 13.4. The molecule has 0 spiro atoms. The third kappa shape index (κ3) is 4.28. The minimum atomic E-state index is -1.05. The molecule has 4 amide bonds. The van der Waals surface area contributed by atoms with Gasteiger partial charge in [0.1, 0.15) is 17.2 Å². The highest BCUT2D eigenvalue weighted by Gasteiger charge is 2.75. The van der Waals surface area contributed by atoms with Gasteiger partial charge in [0.05, 0.1) is 17.4 Å². The summed E-state index contributed by atoms with van der Waals surface area (Å²) in [4.78, 5) is 52.5. The summed E-state index contributed by atoms with van der Waals surface area (Å²) in [6.45, 7) is 2.63. The SMILES string of the molecule is Cc1ccccc1N(C)C(=O)C12CC(OC(=O)NC3CN(c4cc(F)c(C5CCC(=O)NC5=O)c(F)c4)C3)(C1)C2. The van der Waals surface area contributed by atoms with Gasteiger partial charge in [0.15, 0.2) is 0 Å². The summed E-state index contributed by atoms with van der Waals surface area (Å²) in [6.07, 6.45) is 1.00. The zero-order valence-corrected chi connectivity index (χ0v) is 22.3. The number of nitrogens with one attached hydrogen (secondary N) is 2. The fraction of sp³-hybridized carbons (Fsp3) is 0.448. The number of hydrogen-bond acceptors (Lipinski definition) is 6. The van der Waals surface area contributed by atoms with Crippen molar-refractivity contribution in [1.82, 2.24) is 10.6 Å². The van der Waals surface area contributed by atoms with Crippen LogP contribution in [-0.2, 0) is 19.1 Å². The second-order valence-electron chi connectivity index (χ2n) is 11.6. The van der Waals surface area contributed by atoms with Crippen molar-refractivity contribution in [2.24, 2.45) is 5.41 Å².